The van der Waals surface area contributed by atoms with Gasteiger partial charge in [-0.3, -0.25) is 14.8 Å². The van der Waals surface area contributed by atoms with Gasteiger partial charge in [-0.1, -0.05) is 38.0 Å². The van der Waals surface area contributed by atoms with Crippen molar-refractivity contribution < 1.29 is 13.2 Å². The topological polar surface area (TPSA) is 94.6 Å². The summed E-state index contributed by atoms with van der Waals surface area (Å²) < 4.78 is 29.5. The number of nitrogens with one attached hydrogen (secondary N) is 2. The molecule has 3 aromatic rings. The number of benzene rings is 2. The van der Waals surface area contributed by atoms with Crippen LogP contribution >= 0.6 is 33.9 Å². The van der Waals surface area contributed by atoms with E-state index in [1.165, 1.54) is 11.3 Å². The maximum absolute atomic E-state index is 13.4. The first-order valence-corrected chi connectivity index (χ1v) is 15.8. The highest BCUT2D eigenvalue weighted by atomic mass is 127. The van der Waals surface area contributed by atoms with Crippen LogP contribution in [-0.2, 0) is 16.4 Å². The number of unbranched alkanes of at least 4 members (excludes halogenated alkanes) is 2. The van der Waals surface area contributed by atoms with Crippen molar-refractivity contribution in [3.05, 3.63) is 53.4 Å². The van der Waals surface area contributed by atoms with Gasteiger partial charge in [0.25, 0.3) is 13.9 Å². The predicted octanol–water partition coefficient (Wildman–Crippen LogP) is 6.06. The van der Waals surface area contributed by atoms with Gasteiger partial charge in [0.2, 0.25) is 0 Å². The van der Waals surface area contributed by atoms with Gasteiger partial charge in [-0.05, 0) is 49.7 Å². The molecule has 1 aromatic heterocycles. The first-order chi connectivity index (χ1) is 17.7. The third-order valence-electron chi connectivity index (χ3n) is 6.39. The Labute approximate surface area is 236 Å². The molecular weight excluding hydrogens is 621 g/mol. The summed E-state index contributed by atoms with van der Waals surface area (Å²) in [5.74, 6) is 0. The minimum Gasteiger partial charge on any atom is -0.367 e. The summed E-state index contributed by atoms with van der Waals surface area (Å²) in [6.07, 6.45) is 4.37. The smallest absolute Gasteiger partial charge is 0.286 e. The lowest BCUT2D eigenvalue weighted by atomic mass is 10.1. The van der Waals surface area contributed by atoms with Crippen molar-refractivity contribution in [2.45, 2.75) is 37.5 Å². The number of amides is 1. The Balaban J connectivity index is 1.63. The maximum atomic E-state index is 13.4. The average molecular weight is 654 g/mol. The first kappa shape index (κ1) is 27.8. The number of sulfonamides is 1. The van der Waals surface area contributed by atoms with Gasteiger partial charge >= 0.3 is 0 Å². The lowest BCUT2D eigenvalue weighted by Crippen LogP contribution is -2.44. The Bertz CT molecular complexity index is 1320. The summed E-state index contributed by atoms with van der Waals surface area (Å²) >= 11 is 2.99. The second kappa shape index (κ2) is 12.5. The lowest BCUT2D eigenvalue weighted by molar-refractivity contribution is 0.272. The van der Waals surface area contributed by atoms with E-state index >= 15 is 0 Å². The zero-order chi connectivity index (χ0) is 26.4. The van der Waals surface area contributed by atoms with E-state index in [9.17, 15) is 13.2 Å². The lowest BCUT2D eigenvalue weighted by Gasteiger charge is -2.35. The highest BCUT2D eigenvalue weighted by molar-refractivity contribution is 14.1. The minimum atomic E-state index is -3.80. The standard InChI is InChI=1S/C26H32IN5O3S2/c1-3-4-5-6-19-7-10-21(11-8-19)37(34,35)30-22-17-20(23-18-36-26(28-23)29-25(27)33)9-12-24(22)32-15-13-31(2)14-16-32/h7-12,17-18,30H,3-6,13-16H2,1-2H3,(H,28,29,33). The molecule has 1 fully saturated rings. The van der Waals surface area contributed by atoms with E-state index in [1.807, 2.05) is 35.7 Å². The van der Waals surface area contributed by atoms with E-state index in [0.29, 0.717) is 16.5 Å². The molecule has 37 heavy (non-hydrogen) atoms. The Hall–Kier alpha value is -2.22. The fourth-order valence-corrected chi connectivity index (χ4v) is 6.48. The zero-order valence-corrected chi connectivity index (χ0v) is 24.8. The van der Waals surface area contributed by atoms with Crippen LogP contribution in [0.15, 0.2) is 52.7 Å². The summed E-state index contributed by atoms with van der Waals surface area (Å²) in [4.78, 5) is 20.6. The number of hydrogen-bond donors (Lipinski definition) is 2. The molecule has 0 saturated carbocycles. The van der Waals surface area contributed by atoms with Gasteiger partial charge in [0, 0.05) is 59.7 Å². The summed E-state index contributed by atoms with van der Waals surface area (Å²) in [6.45, 7) is 5.58. The number of carbonyl (C=O) groups is 1. The molecule has 0 atom stereocenters. The average Bonchev–Trinajstić information content (AvgIpc) is 3.33. The van der Waals surface area contributed by atoms with Crippen molar-refractivity contribution in [3.8, 4) is 11.3 Å². The summed E-state index contributed by atoms with van der Waals surface area (Å²) in [6, 6.07) is 12.9. The molecule has 8 nitrogen and oxygen atoms in total. The molecule has 0 spiro atoms. The van der Waals surface area contributed by atoms with Gasteiger partial charge in [-0.2, -0.15) is 0 Å². The largest absolute Gasteiger partial charge is 0.367 e. The first-order valence-electron chi connectivity index (χ1n) is 12.4. The molecule has 2 heterocycles. The van der Waals surface area contributed by atoms with Crippen molar-refractivity contribution in [1.29, 1.82) is 0 Å². The molecular formula is C26H32IN5O3S2. The SMILES string of the molecule is CCCCCc1ccc(S(=O)(=O)Nc2cc(-c3csc(NC(=O)I)n3)ccc2N2CCN(C)CC2)cc1. The van der Waals surface area contributed by atoms with Crippen LogP contribution in [0.4, 0.5) is 21.3 Å². The van der Waals surface area contributed by atoms with E-state index in [4.69, 9.17) is 0 Å². The molecule has 2 aromatic carbocycles. The van der Waals surface area contributed by atoms with Crippen molar-refractivity contribution in [2.75, 3.05) is 48.2 Å². The number of anilines is 3. The fraction of sp³-hybridized carbons (Fsp3) is 0.385. The van der Waals surface area contributed by atoms with Crippen molar-refractivity contribution >= 4 is 64.4 Å². The normalized spacial score (nSPS) is 14.5. The number of piperazine rings is 1. The molecule has 2 N–H and O–H groups in total. The van der Waals surface area contributed by atoms with E-state index in [-0.39, 0.29) is 8.81 Å². The van der Waals surface area contributed by atoms with Crippen LogP contribution in [0.2, 0.25) is 0 Å². The molecule has 0 bridgehead atoms. The van der Waals surface area contributed by atoms with Crippen LogP contribution in [-0.4, -0.2) is 55.4 Å². The Morgan fingerprint density at radius 2 is 1.81 bits per heavy atom. The number of hydrogen-bond acceptors (Lipinski definition) is 7. The Morgan fingerprint density at radius 1 is 1.08 bits per heavy atom. The van der Waals surface area contributed by atoms with Gasteiger partial charge in [-0.15, -0.1) is 11.3 Å². The number of aromatic nitrogens is 1. The zero-order valence-electron chi connectivity index (χ0n) is 21.0. The van der Waals surface area contributed by atoms with Gasteiger partial charge < -0.3 is 9.80 Å². The monoisotopic (exact) mass is 653 g/mol. The molecule has 1 saturated heterocycles. The van der Waals surface area contributed by atoms with Crippen molar-refractivity contribution in [2.24, 2.45) is 0 Å². The van der Waals surface area contributed by atoms with Gasteiger partial charge in [0.15, 0.2) is 5.13 Å². The van der Waals surface area contributed by atoms with Gasteiger partial charge in [0.1, 0.15) is 0 Å². The fourth-order valence-electron chi connectivity index (χ4n) is 4.27. The molecule has 1 amide bonds. The quantitative estimate of drug-likeness (QED) is 0.120. The number of nitrogens with zero attached hydrogens (tertiary/aromatic N) is 3. The molecule has 4 rings (SSSR count). The van der Waals surface area contributed by atoms with Crippen LogP contribution in [0.1, 0.15) is 31.7 Å². The van der Waals surface area contributed by atoms with E-state index in [2.05, 4.69) is 38.8 Å². The molecule has 0 radical (unpaired) electrons. The minimum absolute atomic E-state index is 0.214. The molecule has 0 unspecified atom stereocenters. The number of thiazole rings is 1. The van der Waals surface area contributed by atoms with Crippen LogP contribution in [0.25, 0.3) is 11.3 Å². The number of halogens is 1. The highest BCUT2D eigenvalue weighted by Crippen LogP contribution is 2.35. The molecule has 198 valence electrons. The van der Waals surface area contributed by atoms with Gasteiger partial charge in [-0.25, -0.2) is 13.4 Å². The van der Waals surface area contributed by atoms with E-state index in [0.717, 1.165) is 68.7 Å². The number of aryl methyl sites for hydroxylation is 1. The third kappa shape index (κ3) is 7.43. The van der Waals surface area contributed by atoms with Gasteiger partial charge in [0.05, 0.1) is 22.0 Å². The number of likely N-dealkylation sites (N-methyl/N-ethyl adjacent to an activating group) is 1. The Morgan fingerprint density at radius 3 is 2.49 bits per heavy atom. The summed E-state index contributed by atoms with van der Waals surface area (Å²) in [7, 11) is -1.71. The molecule has 0 aliphatic carbocycles. The van der Waals surface area contributed by atoms with E-state index in [1.54, 1.807) is 34.7 Å². The number of rotatable bonds is 10. The third-order valence-corrected chi connectivity index (χ3v) is 8.80. The highest BCUT2D eigenvalue weighted by Gasteiger charge is 2.22. The van der Waals surface area contributed by atoms with Crippen LogP contribution < -0.4 is 14.9 Å². The maximum Gasteiger partial charge on any atom is 0.286 e. The summed E-state index contributed by atoms with van der Waals surface area (Å²) in [5, 5.41) is 5.04. The van der Waals surface area contributed by atoms with Crippen molar-refractivity contribution in [1.82, 2.24) is 9.88 Å². The van der Waals surface area contributed by atoms with E-state index < -0.39 is 10.0 Å². The predicted molar refractivity (Wildman–Crippen MR) is 161 cm³/mol. The van der Waals surface area contributed by atoms with Crippen molar-refractivity contribution in [3.63, 3.8) is 0 Å². The van der Waals surface area contributed by atoms with Crippen LogP contribution in [0, 0.1) is 0 Å². The van der Waals surface area contributed by atoms with Crippen LogP contribution in [0.5, 0.6) is 0 Å². The molecule has 11 heteroatoms. The molecule has 1 aliphatic heterocycles. The second-order valence-electron chi connectivity index (χ2n) is 9.17. The summed E-state index contributed by atoms with van der Waals surface area (Å²) in [5.41, 5.74) is 3.94. The van der Waals surface area contributed by atoms with Crippen LogP contribution in [0.3, 0.4) is 0 Å². The Kier molecular flexibility index (Phi) is 9.43. The second-order valence-corrected chi connectivity index (χ2v) is 12.7. The number of carbonyl (C=O) groups excluding carboxylic acids is 1. The molecule has 1 aliphatic rings.